The lowest BCUT2D eigenvalue weighted by atomic mass is 10.1. The van der Waals surface area contributed by atoms with Crippen LogP contribution in [0.5, 0.6) is 5.75 Å². The monoisotopic (exact) mass is 367 g/mol. The Balaban J connectivity index is 1.62. The van der Waals surface area contributed by atoms with Crippen molar-refractivity contribution in [3.05, 3.63) is 65.7 Å². The van der Waals surface area contributed by atoms with Gasteiger partial charge in [-0.15, -0.1) is 0 Å². The van der Waals surface area contributed by atoms with Crippen LogP contribution in [0.1, 0.15) is 41.8 Å². The molecule has 1 aliphatic carbocycles. The lowest BCUT2D eigenvalue weighted by Crippen LogP contribution is -2.34. The van der Waals surface area contributed by atoms with E-state index < -0.39 is 12.1 Å². The fourth-order valence-corrected chi connectivity index (χ4v) is 2.52. The Morgan fingerprint density at radius 3 is 2.48 bits per heavy atom. The fourth-order valence-electron chi connectivity index (χ4n) is 2.52. The molecular weight excluding hydrogens is 346 g/mol. The number of benzene rings is 2. The summed E-state index contributed by atoms with van der Waals surface area (Å²) in [6.45, 7) is 1.09. The Morgan fingerprint density at radius 2 is 1.81 bits per heavy atom. The minimum Gasteiger partial charge on any atom is -0.482 e. The molecule has 1 atom stereocenters. The van der Waals surface area contributed by atoms with Crippen LogP contribution in [0.25, 0.3) is 0 Å². The van der Waals surface area contributed by atoms with Gasteiger partial charge in [0.25, 0.3) is 5.91 Å². The van der Waals surface area contributed by atoms with Crippen molar-refractivity contribution in [1.29, 1.82) is 0 Å². The molecule has 2 aromatic carbocycles. The number of Topliss-reactive ketones (excluding diaryl/α,β-unsaturated/α-hetero) is 1. The van der Waals surface area contributed by atoms with Gasteiger partial charge >= 0.3 is 5.97 Å². The predicted molar refractivity (Wildman–Crippen MR) is 98.4 cm³/mol. The Bertz CT molecular complexity index is 829. The number of carbonyl (C=O) groups is 3. The van der Waals surface area contributed by atoms with Gasteiger partial charge in [-0.2, -0.15) is 0 Å². The van der Waals surface area contributed by atoms with Crippen LogP contribution in [0, 0.1) is 0 Å². The number of ketones is 1. The summed E-state index contributed by atoms with van der Waals surface area (Å²) >= 11 is 0. The molecule has 1 saturated carbocycles. The highest BCUT2D eigenvalue weighted by atomic mass is 16.6. The van der Waals surface area contributed by atoms with Crippen molar-refractivity contribution in [1.82, 2.24) is 5.32 Å². The normalized spacial score (nSPS) is 14.1. The van der Waals surface area contributed by atoms with E-state index in [0.29, 0.717) is 16.9 Å². The summed E-state index contributed by atoms with van der Waals surface area (Å²) in [6, 6.07) is 15.6. The number of rotatable bonds is 8. The van der Waals surface area contributed by atoms with Crippen LogP contribution in [0.4, 0.5) is 0 Å². The third-order valence-electron chi connectivity index (χ3n) is 4.11. The standard InChI is InChI=1S/C21H21NO5/c1-14(23)16-8-5-9-18(12-16)26-13-19(24)27-20(15-6-3-2-4-7-15)21(25)22-17-10-11-17/h2-9,12,17,20H,10-11,13H2,1H3,(H,22,25)/t20-/m0/s1. The molecule has 140 valence electrons. The third kappa shape index (κ3) is 5.41. The van der Waals surface area contributed by atoms with Crippen LogP contribution < -0.4 is 10.1 Å². The van der Waals surface area contributed by atoms with Gasteiger partial charge in [0, 0.05) is 17.2 Å². The molecule has 0 saturated heterocycles. The fraction of sp³-hybridized carbons (Fsp3) is 0.286. The van der Waals surface area contributed by atoms with Gasteiger partial charge in [-0.25, -0.2) is 4.79 Å². The van der Waals surface area contributed by atoms with E-state index in [4.69, 9.17) is 9.47 Å². The number of amides is 1. The molecule has 2 aromatic rings. The van der Waals surface area contributed by atoms with Crippen molar-refractivity contribution in [2.45, 2.75) is 31.9 Å². The van der Waals surface area contributed by atoms with Gasteiger partial charge in [0.1, 0.15) is 5.75 Å². The maximum absolute atomic E-state index is 12.5. The van der Waals surface area contributed by atoms with Gasteiger partial charge in [0.2, 0.25) is 6.10 Å². The molecule has 0 radical (unpaired) electrons. The number of carbonyl (C=O) groups excluding carboxylic acids is 3. The molecule has 1 aliphatic rings. The van der Waals surface area contributed by atoms with Crippen LogP contribution in [0.3, 0.4) is 0 Å². The molecule has 0 spiro atoms. The van der Waals surface area contributed by atoms with Crippen molar-refractivity contribution in [2.75, 3.05) is 6.61 Å². The van der Waals surface area contributed by atoms with Crippen molar-refractivity contribution in [2.24, 2.45) is 0 Å². The second-order valence-corrected chi connectivity index (χ2v) is 6.44. The summed E-state index contributed by atoms with van der Waals surface area (Å²) in [6.07, 6.45) is 0.861. The molecule has 0 aromatic heterocycles. The Labute approximate surface area is 157 Å². The summed E-state index contributed by atoms with van der Waals surface area (Å²) in [5, 5.41) is 2.86. The van der Waals surface area contributed by atoms with E-state index in [-0.39, 0.29) is 24.3 Å². The molecule has 27 heavy (non-hydrogen) atoms. The summed E-state index contributed by atoms with van der Waals surface area (Å²) in [5.41, 5.74) is 1.09. The van der Waals surface area contributed by atoms with Gasteiger partial charge < -0.3 is 14.8 Å². The Morgan fingerprint density at radius 1 is 1.07 bits per heavy atom. The Kier molecular flexibility index (Phi) is 5.86. The first-order valence-electron chi connectivity index (χ1n) is 8.81. The third-order valence-corrected chi connectivity index (χ3v) is 4.11. The molecule has 6 nitrogen and oxygen atoms in total. The summed E-state index contributed by atoms with van der Waals surface area (Å²) < 4.78 is 10.8. The molecule has 1 amide bonds. The molecule has 3 rings (SSSR count). The van der Waals surface area contributed by atoms with Gasteiger partial charge in [-0.05, 0) is 31.9 Å². The number of hydrogen-bond acceptors (Lipinski definition) is 5. The molecule has 1 N–H and O–H groups in total. The maximum Gasteiger partial charge on any atom is 0.345 e. The van der Waals surface area contributed by atoms with Crippen molar-refractivity contribution in [3.63, 3.8) is 0 Å². The lowest BCUT2D eigenvalue weighted by Gasteiger charge is -2.18. The van der Waals surface area contributed by atoms with Crippen LogP contribution in [0.15, 0.2) is 54.6 Å². The molecule has 6 heteroatoms. The summed E-state index contributed by atoms with van der Waals surface area (Å²) in [7, 11) is 0. The maximum atomic E-state index is 12.5. The first-order chi connectivity index (χ1) is 13.0. The van der Waals surface area contributed by atoms with Crippen molar-refractivity contribution in [3.8, 4) is 5.75 Å². The highest BCUT2D eigenvalue weighted by molar-refractivity contribution is 5.94. The molecular formula is C21H21NO5. The largest absolute Gasteiger partial charge is 0.482 e. The first kappa shape index (κ1) is 18.6. The van der Waals surface area contributed by atoms with Gasteiger partial charge in [-0.3, -0.25) is 9.59 Å². The summed E-state index contributed by atoms with van der Waals surface area (Å²) in [4.78, 5) is 36.1. The van der Waals surface area contributed by atoms with E-state index in [1.807, 2.05) is 6.07 Å². The summed E-state index contributed by atoms with van der Waals surface area (Å²) in [5.74, 6) is -0.707. The number of nitrogens with one attached hydrogen (secondary N) is 1. The van der Waals surface area contributed by atoms with Crippen molar-refractivity contribution >= 4 is 17.7 Å². The highest BCUT2D eigenvalue weighted by Crippen LogP contribution is 2.23. The van der Waals surface area contributed by atoms with Crippen LogP contribution in [-0.4, -0.2) is 30.3 Å². The smallest absolute Gasteiger partial charge is 0.345 e. The van der Waals surface area contributed by atoms with Crippen LogP contribution in [-0.2, 0) is 14.3 Å². The zero-order chi connectivity index (χ0) is 19.2. The second-order valence-electron chi connectivity index (χ2n) is 6.44. The second kappa shape index (κ2) is 8.49. The number of esters is 1. The number of hydrogen-bond donors (Lipinski definition) is 1. The SMILES string of the molecule is CC(=O)c1cccc(OCC(=O)O[C@H](C(=O)NC2CC2)c2ccccc2)c1. The van der Waals surface area contributed by atoms with Gasteiger partial charge in [0.15, 0.2) is 12.4 Å². The van der Waals surface area contributed by atoms with E-state index in [1.165, 1.54) is 6.92 Å². The van der Waals surface area contributed by atoms with E-state index in [9.17, 15) is 14.4 Å². The van der Waals surface area contributed by atoms with E-state index in [2.05, 4.69) is 5.32 Å². The molecule has 0 heterocycles. The Hall–Kier alpha value is -3.15. The average Bonchev–Trinajstić information content (AvgIpc) is 3.49. The molecule has 1 fully saturated rings. The predicted octanol–water partition coefficient (Wildman–Crippen LogP) is 2.83. The van der Waals surface area contributed by atoms with Crippen molar-refractivity contribution < 1.29 is 23.9 Å². The molecule has 0 aliphatic heterocycles. The topological polar surface area (TPSA) is 81.7 Å². The van der Waals surface area contributed by atoms with Crippen LogP contribution >= 0.6 is 0 Å². The average molecular weight is 367 g/mol. The number of ether oxygens (including phenoxy) is 2. The van der Waals surface area contributed by atoms with E-state index in [0.717, 1.165) is 12.8 Å². The molecule has 0 unspecified atom stereocenters. The lowest BCUT2D eigenvalue weighted by molar-refractivity contribution is -0.158. The van der Waals surface area contributed by atoms with E-state index in [1.54, 1.807) is 48.5 Å². The van der Waals surface area contributed by atoms with Gasteiger partial charge in [-0.1, -0.05) is 42.5 Å². The first-order valence-corrected chi connectivity index (χ1v) is 8.81. The zero-order valence-electron chi connectivity index (χ0n) is 15.0. The van der Waals surface area contributed by atoms with E-state index >= 15 is 0 Å². The zero-order valence-corrected chi connectivity index (χ0v) is 15.0. The van der Waals surface area contributed by atoms with Crippen LogP contribution in [0.2, 0.25) is 0 Å². The minimum absolute atomic E-state index is 0.0936. The quantitative estimate of drug-likeness (QED) is 0.573. The van der Waals surface area contributed by atoms with Gasteiger partial charge in [0.05, 0.1) is 0 Å². The highest BCUT2D eigenvalue weighted by Gasteiger charge is 2.30. The minimum atomic E-state index is -1.02. The molecule has 0 bridgehead atoms.